The lowest BCUT2D eigenvalue weighted by Crippen LogP contribution is -2.30. The van der Waals surface area contributed by atoms with Crippen molar-refractivity contribution in [2.75, 3.05) is 25.2 Å². The molecule has 0 spiro atoms. The SMILES string of the molecule is COc1ccc(F)cc1C1CSCCN1. The quantitative estimate of drug-likeness (QED) is 0.837. The van der Waals surface area contributed by atoms with Gasteiger partial charge in [0.2, 0.25) is 0 Å². The normalized spacial score (nSPS) is 21.3. The van der Waals surface area contributed by atoms with Gasteiger partial charge in [0, 0.05) is 29.7 Å². The van der Waals surface area contributed by atoms with Gasteiger partial charge in [-0.1, -0.05) is 0 Å². The van der Waals surface area contributed by atoms with Gasteiger partial charge in [0.15, 0.2) is 0 Å². The smallest absolute Gasteiger partial charge is 0.123 e. The highest BCUT2D eigenvalue weighted by Crippen LogP contribution is 2.29. The van der Waals surface area contributed by atoms with Gasteiger partial charge in [0.05, 0.1) is 7.11 Å². The van der Waals surface area contributed by atoms with E-state index >= 15 is 0 Å². The molecule has 0 radical (unpaired) electrons. The molecule has 1 aromatic rings. The minimum absolute atomic E-state index is 0.203. The average molecular weight is 227 g/mol. The predicted octanol–water partition coefficient (Wildman–Crippen LogP) is 2.21. The van der Waals surface area contributed by atoms with E-state index in [-0.39, 0.29) is 11.9 Å². The van der Waals surface area contributed by atoms with Gasteiger partial charge in [0.25, 0.3) is 0 Å². The largest absolute Gasteiger partial charge is 0.496 e. The molecule has 2 rings (SSSR count). The van der Waals surface area contributed by atoms with Gasteiger partial charge in [-0.2, -0.15) is 11.8 Å². The number of nitrogens with one attached hydrogen (secondary N) is 1. The topological polar surface area (TPSA) is 21.3 Å². The van der Waals surface area contributed by atoms with Crippen LogP contribution in [-0.4, -0.2) is 25.2 Å². The van der Waals surface area contributed by atoms with Gasteiger partial charge >= 0.3 is 0 Å². The Balaban J connectivity index is 2.27. The molecule has 2 nitrogen and oxygen atoms in total. The highest BCUT2D eigenvalue weighted by Gasteiger charge is 2.19. The zero-order valence-electron chi connectivity index (χ0n) is 8.63. The molecular weight excluding hydrogens is 213 g/mol. The summed E-state index contributed by atoms with van der Waals surface area (Å²) in [6.45, 7) is 0.967. The van der Waals surface area contributed by atoms with Gasteiger partial charge < -0.3 is 10.1 Å². The monoisotopic (exact) mass is 227 g/mol. The van der Waals surface area contributed by atoms with Gasteiger partial charge in [-0.3, -0.25) is 0 Å². The van der Waals surface area contributed by atoms with E-state index < -0.39 is 0 Å². The first-order valence-electron chi connectivity index (χ1n) is 4.96. The molecule has 0 amide bonds. The summed E-state index contributed by atoms with van der Waals surface area (Å²) in [6.07, 6.45) is 0. The van der Waals surface area contributed by atoms with Crippen molar-refractivity contribution in [3.63, 3.8) is 0 Å². The van der Waals surface area contributed by atoms with Crippen molar-refractivity contribution < 1.29 is 9.13 Å². The zero-order chi connectivity index (χ0) is 10.7. The van der Waals surface area contributed by atoms with Crippen LogP contribution in [0.5, 0.6) is 5.75 Å². The van der Waals surface area contributed by atoms with Crippen LogP contribution in [0.25, 0.3) is 0 Å². The number of methoxy groups -OCH3 is 1. The van der Waals surface area contributed by atoms with Crippen LogP contribution in [0.4, 0.5) is 4.39 Å². The standard InChI is InChI=1S/C11H14FNOS/c1-14-11-3-2-8(12)6-9(11)10-7-15-5-4-13-10/h2-3,6,10,13H,4-5,7H2,1H3. The molecule has 1 saturated heterocycles. The Hall–Kier alpha value is -0.740. The van der Waals surface area contributed by atoms with Gasteiger partial charge in [0.1, 0.15) is 11.6 Å². The van der Waals surface area contributed by atoms with E-state index in [1.807, 2.05) is 11.8 Å². The van der Waals surface area contributed by atoms with Crippen LogP contribution in [0.2, 0.25) is 0 Å². The molecule has 1 aliphatic heterocycles. The first-order valence-corrected chi connectivity index (χ1v) is 6.11. The lowest BCUT2D eigenvalue weighted by Gasteiger charge is -2.24. The Morgan fingerprint density at radius 3 is 3.07 bits per heavy atom. The van der Waals surface area contributed by atoms with Crippen LogP contribution < -0.4 is 10.1 Å². The lowest BCUT2D eigenvalue weighted by molar-refractivity contribution is 0.401. The molecule has 15 heavy (non-hydrogen) atoms. The average Bonchev–Trinajstić information content (AvgIpc) is 2.30. The van der Waals surface area contributed by atoms with Crippen molar-refractivity contribution in [3.8, 4) is 5.75 Å². The molecule has 1 fully saturated rings. The third-order valence-electron chi connectivity index (χ3n) is 2.49. The Morgan fingerprint density at radius 2 is 2.40 bits per heavy atom. The molecule has 1 N–H and O–H groups in total. The Morgan fingerprint density at radius 1 is 1.53 bits per heavy atom. The summed E-state index contributed by atoms with van der Waals surface area (Å²) in [4.78, 5) is 0. The number of hydrogen-bond acceptors (Lipinski definition) is 3. The Bertz CT molecular complexity index is 339. The van der Waals surface area contributed by atoms with E-state index in [0.717, 1.165) is 29.4 Å². The predicted molar refractivity (Wildman–Crippen MR) is 61.0 cm³/mol. The summed E-state index contributed by atoms with van der Waals surface area (Å²) < 4.78 is 18.4. The third-order valence-corrected chi connectivity index (χ3v) is 3.55. The highest BCUT2D eigenvalue weighted by atomic mass is 32.2. The molecule has 1 heterocycles. The molecule has 1 aliphatic rings. The molecular formula is C11H14FNOS. The Kier molecular flexibility index (Phi) is 3.49. The molecule has 1 atom stereocenters. The van der Waals surface area contributed by atoms with Crippen LogP contribution in [0.1, 0.15) is 11.6 Å². The number of benzene rings is 1. The molecule has 0 aromatic heterocycles. The molecule has 82 valence electrons. The summed E-state index contributed by atoms with van der Waals surface area (Å²) >= 11 is 1.88. The number of thioether (sulfide) groups is 1. The van der Waals surface area contributed by atoms with Gasteiger partial charge in [-0.05, 0) is 18.2 Å². The van der Waals surface area contributed by atoms with Crippen molar-refractivity contribution in [1.29, 1.82) is 0 Å². The fourth-order valence-corrected chi connectivity index (χ4v) is 2.70. The molecule has 0 saturated carbocycles. The molecule has 1 aromatic carbocycles. The van der Waals surface area contributed by atoms with E-state index in [0.29, 0.717) is 0 Å². The second-order valence-corrected chi connectivity index (χ2v) is 4.62. The second kappa shape index (κ2) is 4.86. The second-order valence-electron chi connectivity index (χ2n) is 3.47. The molecule has 1 unspecified atom stereocenters. The zero-order valence-corrected chi connectivity index (χ0v) is 9.44. The summed E-state index contributed by atoms with van der Waals surface area (Å²) in [5, 5.41) is 3.37. The number of rotatable bonds is 2. The van der Waals surface area contributed by atoms with Crippen LogP contribution in [-0.2, 0) is 0 Å². The van der Waals surface area contributed by atoms with Crippen LogP contribution in [0.3, 0.4) is 0 Å². The van der Waals surface area contributed by atoms with E-state index in [9.17, 15) is 4.39 Å². The van der Waals surface area contributed by atoms with E-state index in [1.165, 1.54) is 6.07 Å². The number of hydrogen-bond donors (Lipinski definition) is 1. The van der Waals surface area contributed by atoms with Crippen molar-refractivity contribution in [1.82, 2.24) is 5.32 Å². The fourth-order valence-electron chi connectivity index (χ4n) is 1.74. The minimum Gasteiger partial charge on any atom is -0.496 e. The van der Waals surface area contributed by atoms with Gasteiger partial charge in [-0.25, -0.2) is 4.39 Å². The lowest BCUT2D eigenvalue weighted by atomic mass is 10.1. The van der Waals surface area contributed by atoms with Crippen LogP contribution in [0.15, 0.2) is 18.2 Å². The first-order chi connectivity index (χ1) is 7.31. The summed E-state index contributed by atoms with van der Waals surface area (Å²) in [6, 6.07) is 4.88. The maximum atomic E-state index is 13.1. The summed E-state index contributed by atoms with van der Waals surface area (Å²) in [7, 11) is 1.62. The third kappa shape index (κ3) is 2.44. The van der Waals surface area contributed by atoms with Crippen LogP contribution in [0, 0.1) is 5.82 Å². The molecule has 0 bridgehead atoms. The van der Waals surface area contributed by atoms with Crippen LogP contribution >= 0.6 is 11.8 Å². The summed E-state index contributed by atoms with van der Waals surface area (Å²) in [5.74, 6) is 2.65. The maximum absolute atomic E-state index is 13.1. The van der Waals surface area contributed by atoms with Crippen molar-refractivity contribution in [2.45, 2.75) is 6.04 Å². The van der Waals surface area contributed by atoms with Crippen molar-refractivity contribution >= 4 is 11.8 Å². The first kappa shape index (κ1) is 10.8. The van der Waals surface area contributed by atoms with E-state index in [4.69, 9.17) is 4.74 Å². The van der Waals surface area contributed by atoms with E-state index in [1.54, 1.807) is 19.2 Å². The minimum atomic E-state index is -0.205. The number of ether oxygens (including phenoxy) is 1. The maximum Gasteiger partial charge on any atom is 0.123 e. The number of halogens is 1. The molecule has 0 aliphatic carbocycles. The van der Waals surface area contributed by atoms with Crippen molar-refractivity contribution in [3.05, 3.63) is 29.6 Å². The summed E-state index contributed by atoms with van der Waals surface area (Å²) in [5.41, 5.74) is 0.921. The fraction of sp³-hybridized carbons (Fsp3) is 0.455. The Labute approximate surface area is 93.2 Å². The van der Waals surface area contributed by atoms with Crippen molar-refractivity contribution in [2.24, 2.45) is 0 Å². The van der Waals surface area contributed by atoms with Gasteiger partial charge in [-0.15, -0.1) is 0 Å². The highest BCUT2D eigenvalue weighted by molar-refractivity contribution is 7.99. The van der Waals surface area contributed by atoms with E-state index in [2.05, 4.69) is 5.32 Å². The molecule has 4 heteroatoms.